The van der Waals surface area contributed by atoms with E-state index in [1.165, 1.54) is 11.8 Å². The molecule has 0 amide bonds. The summed E-state index contributed by atoms with van der Waals surface area (Å²) in [6, 6.07) is 14.2. The first-order valence-corrected chi connectivity index (χ1v) is 10.1. The zero-order valence-electron chi connectivity index (χ0n) is 13.9. The first kappa shape index (κ1) is 18.4. The summed E-state index contributed by atoms with van der Waals surface area (Å²) in [6.45, 7) is 1.93. The standard InChI is InChI=1S/C19H20O3S2/c1-15-4-10-18(11-5-15)24(20,21)19(12-13-23-3)14-16-6-8-17(22-2)9-7-16/h4-14H,1-3H3/b13-12+,19-14+. The first-order valence-electron chi connectivity index (χ1n) is 7.34. The Hall–Kier alpha value is -1.98. The Balaban J connectivity index is 2.48. The van der Waals surface area contributed by atoms with Gasteiger partial charge in [0.1, 0.15) is 5.75 Å². The lowest BCUT2D eigenvalue weighted by molar-refractivity contribution is 0.415. The van der Waals surface area contributed by atoms with Crippen LogP contribution >= 0.6 is 11.8 Å². The number of rotatable bonds is 6. The van der Waals surface area contributed by atoms with Crippen molar-refractivity contribution in [2.75, 3.05) is 13.4 Å². The van der Waals surface area contributed by atoms with E-state index in [9.17, 15) is 8.42 Å². The number of methoxy groups -OCH3 is 1. The van der Waals surface area contributed by atoms with Crippen molar-refractivity contribution in [3.05, 3.63) is 76.0 Å². The van der Waals surface area contributed by atoms with Crippen LogP contribution in [0.25, 0.3) is 6.08 Å². The Labute approximate surface area is 148 Å². The van der Waals surface area contributed by atoms with E-state index in [2.05, 4.69) is 0 Å². The van der Waals surface area contributed by atoms with Crippen LogP contribution in [-0.2, 0) is 9.84 Å². The highest BCUT2D eigenvalue weighted by molar-refractivity contribution is 8.01. The first-order chi connectivity index (χ1) is 11.5. The number of allylic oxidation sites excluding steroid dienone is 1. The van der Waals surface area contributed by atoms with Crippen LogP contribution in [0.2, 0.25) is 0 Å². The summed E-state index contributed by atoms with van der Waals surface area (Å²) in [6.07, 6.45) is 5.19. The van der Waals surface area contributed by atoms with Gasteiger partial charge in [0.15, 0.2) is 0 Å². The van der Waals surface area contributed by atoms with Crippen LogP contribution in [0.5, 0.6) is 5.75 Å². The molecule has 0 aliphatic rings. The lowest BCUT2D eigenvalue weighted by Gasteiger charge is -2.07. The molecule has 126 valence electrons. The number of hydrogen-bond acceptors (Lipinski definition) is 4. The molecule has 0 saturated carbocycles. The highest BCUT2D eigenvalue weighted by atomic mass is 32.2. The number of hydrogen-bond donors (Lipinski definition) is 0. The number of thioether (sulfide) groups is 1. The van der Waals surface area contributed by atoms with E-state index in [0.29, 0.717) is 4.90 Å². The Kier molecular flexibility index (Phi) is 6.29. The smallest absolute Gasteiger partial charge is 0.206 e. The summed E-state index contributed by atoms with van der Waals surface area (Å²) in [7, 11) is -1.98. The highest BCUT2D eigenvalue weighted by Gasteiger charge is 2.18. The van der Waals surface area contributed by atoms with Crippen molar-refractivity contribution in [2.24, 2.45) is 0 Å². The Bertz CT molecular complexity index is 831. The largest absolute Gasteiger partial charge is 0.497 e. The van der Waals surface area contributed by atoms with Gasteiger partial charge in [-0.15, -0.1) is 11.8 Å². The molecule has 2 rings (SSSR count). The average molecular weight is 361 g/mol. The van der Waals surface area contributed by atoms with Crippen LogP contribution in [0.1, 0.15) is 11.1 Å². The van der Waals surface area contributed by atoms with Crippen LogP contribution in [-0.4, -0.2) is 21.8 Å². The predicted octanol–water partition coefficient (Wildman–Crippen LogP) is 4.70. The van der Waals surface area contributed by atoms with Gasteiger partial charge in [-0.3, -0.25) is 0 Å². The summed E-state index contributed by atoms with van der Waals surface area (Å²) in [5.41, 5.74) is 1.82. The van der Waals surface area contributed by atoms with Crippen LogP contribution in [0.3, 0.4) is 0 Å². The third-order valence-electron chi connectivity index (χ3n) is 3.43. The number of sulfone groups is 1. The second-order valence-electron chi connectivity index (χ2n) is 5.17. The molecule has 3 nitrogen and oxygen atoms in total. The maximum Gasteiger partial charge on any atom is 0.206 e. The van der Waals surface area contributed by atoms with Crippen molar-refractivity contribution in [1.29, 1.82) is 0 Å². The van der Waals surface area contributed by atoms with Crippen molar-refractivity contribution >= 4 is 27.7 Å². The molecular weight excluding hydrogens is 340 g/mol. The van der Waals surface area contributed by atoms with Gasteiger partial charge < -0.3 is 4.74 Å². The average Bonchev–Trinajstić information content (AvgIpc) is 2.59. The Morgan fingerprint density at radius 1 is 1.04 bits per heavy atom. The predicted molar refractivity (Wildman–Crippen MR) is 102 cm³/mol. The molecule has 5 heteroatoms. The van der Waals surface area contributed by atoms with Gasteiger partial charge in [0.05, 0.1) is 16.9 Å². The molecule has 0 bridgehead atoms. The molecule has 0 spiro atoms. The van der Waals surface area contributed by atoms with Gasteiger partial charge in [0.25, 0.3) is 0 Å². The maximum atomic E-state index is 12.9. The second-order valence-corrected chi connectivity index (χ2v) is 7.87. The highest BCUT2D eigenvalue weighted by Crippen LogP contribution is 2.24. The Morgan fingerprint density at radius 2 is 1.67 bits per heavy atom. The molecule has 24 heavy (non-hydrogen) atoms. The molecule has 2 aromatic rings. The molecule has 0 aliphatic carbocycles. The summed E-state index contributed by atoms with van der Waals surface area (Å²) in [4.78, 5) is 0.546. The van der Waals surface area contributed by atoms with Gasteiger partial charge in [-0.2, -0.15) is 0 Å². The van der Waals surface area contributed by atoms with Gasteiger partial charge in [0.2, 0.25) is 9.84 Å². The van der Waals surface area contributed by atoms with E-state index >= 15 is 0 Å². The van der Waals surface area contributed by atoms with Crippen molar-refractivity contribution in [1.82, 2.24) is 0 Å². The molecule has 0 atom stereocenters. The van der Waals surface area contributed by atoms with E-state index in [1.54, 1.807) is 61.1 Å². The van der Waals surface area contributed by atoms with Crippen LogP contribution < -0.4 is 4.74 Å². The van der Waals surface area contributed by atoms with Crippen LogP contribution in [0.15, 0.2) is 69.8 Å². The lowest BCUT2D eigenvalue weighted by atomic mass is 10.2. The van der Waals surface area contributed by atoms with Crippen molar-refractivity contribution in [2.45, 2.75) is 11.8 Å². The van der Waals surface area contributed by atoms with E-state index in [-0.39, 0.29) is 4.91 Å². The van der Waals surface area contributed by atoms with E-state index in [4.69, 9.17) is 4.74 Å². The molecule has 2 aromatic carbocycles. The molecular formula is C19H20O3S2. The molecule has 0 unspecified atom stereocenters. The number of aryl methyl sites for hydroxylation is 1. The number of benzene rings is 2. The van der Waals surface area contributed by atoms with E-state index in [0.717, 1.165) is 16.9 Å². The quantitative estimate of drug-likeness (QED) is 0.701. The van der Waals surface area contributed by atoms with Crippen LogP contribution in [0, 0.1) is 6.92 Å². The molecule has 0 aliphatic heterocycles. The van der Waals surface area contributed by atoms with Crippen molar-refractivity contribution in [3.63, 3.8) is 0 Å². The minimum Gasteiger partial charge on any atom is -0.497 e. The van der Waals surface area contributed by atoms with Gasteiger partial charge >= 0.3 is 0 Å². The topological polar surface area (TPSA) is 43.4 Å². The normalized spacial score (nSPS) is 12.5. The summed E-state index contributed by atoms with van der Waals surface area (Å²) >= 11 is 1.45. The van der Waals surface area contributed by atoms with E-state index < -0.39 is 9.84 Å². The van der Waals surface area contributed by atoms with E-state index in [1.807, 2.05) is 25.3 Å². The van der Waals surface area contributed by atoms with Crippen molar-refractivity contribution in [3.8, 4) is 5.75 Å². The maximum absolute atomic E-state index is 12.9. The van der Waals surface area contributed by atoms with Gasteiger partial charge in [-0.1, -0.05) is 29.8 Å². The second kappa shape index (κ2) is 8.22. The fraction of sp³-hybridized carbons (Fsp3) is 0.158. The minimum absolute atomic E-state index is 0.255. The van der Waals surface area contributed by atoms with Crippen LogP contribution in [0.4, 0.5) is 0 Å². The lowest BCUT2D eigenvalue weighted by Crippen LogP contribution is -2.03. The Morgan fingerprint density at radius 3 is 2.21 bits per heavy atom. The molecule has 0 aromatic heterocycles. The molecule has 0 saturated heterocycles. The molecule has 0 heterocycles. The molecule has 0 fully saturated rings. The van der Waals surface area contributed by atoms with Gasteiger partial charge in [0, 0.05) is 0 Å². The summed E-state index contributed by atoms with van der Waals surface area (Å²) in [5, 5.41) is 1.76. The summed E-state index contributed by atoms with van der Waals surface area (Å²) in [5.74, 6) is 0.731. The van der Waals surface area contributed by atoms with Gasteiger partial charge in [-0.05, 0) is 60.6 Å². The minimum atomic E-state index is -3.57. The third-order valence-corrected chi connectivity index (χ3v) is 5.61. The fourth-order valence-electron chi connectivity index (χ4n) is 2.07. The zero-order valence-corrected chi connectivity index (χ0v) is 15.5. The fourth-order valence-corrected chi connectivity index (χ4v) is 3.74. The zero-order chi connectivity index (χ0) is 17.6. The molecule has 0 radical (unpaired) electrons. The summed E-state index contributed by atoms with van der Waals surface area (Å²) < 4.78 is 31.0. The van der Waals surface area contributed by atoms with Gasteiger partial charge in [-0.25, -0.2) is 8.42 Å². The van der Waals surface area contributed by atoms with Crippen molar-refractivity contribution < 1.29 is 13.2 Å². The SMILES string of the molecule is COc1ccc(/C=C(\C=C\SC)S(=O)(=O)c2ccc(C)cc2)cc1. The molecule has 0 N–H and O–H groups in total. The number of ether oxygens (including phenoxy) is 1. The monoisotopic (exact) mass is 360 g/mol. The third kappa shape index (κ3) is 4.52.